The standard InChI is InChI=1S/C21H22F2N4O/c22-18-6-2-16(3-7-18)14-26-10-1-11-27(13-12-26)15-20-24-21(25-28-20)17-4-8-19(23)9-5-17/h2-9H,1,10-15H2. The van der Waals surface area contributed by atoms with Crippen molar-refractivity contribution in [2.75, 3.05) is 26.2 Å². The quantitative estimate of drug-likeness (QED) is 0.671. The first kappa shape index (κ1) is 18.7. The molecule has 4 rings (SSSR count). The van der Waals surface area contributed by atoms with Gasteiger partial charge < -0.3 is 4.52 Å². The van der Waals surface area contributed by atoms with E-state index in [1.54, 1.807) is 12.1 Å². The van der Waals surface area contributed by atoms with E-state index in [9.17, 15) is 8.78 Å². The van der Waals surface area contributed by atoms with Gasteiger partial charge in [0.2, 0.25) is 11.7 Å². The van der Waals surface area contributed by atoms with Crippen LogP contribution in [0.4, 0.5) is 8.78 Å². The zero-order chi connectivity index (χ0) is 19.3. The van der Waals surface area contributed by atoms with Crippen LogP contribution in [0.5, 0.6) is 0 Å². The molecule has 28 heavy (non-hydrogen) atoms. The number of hydrogen-bond acceptors (Lipinski definition) is 5. The molecular formula is C21H22F2N4O. The predicted octanol–water partition coefficient (Wildman–Crippen LogP) is 3.72. The summed E-state index contributed by atoms with van der Waals surface area (Å²) in [4.78, 5) is 9.12. The van der Waals surface area contributed by atoms with Gasteiger partial charge in [-0.05, 0) is 61.5 Å². The van der Waals surface area contributed by atoms with Gasteiger partial charge >= 0.3 is 0 Å². The first-order chi connectivity index (χ1) is 13.7. The minimum atomic E-state index is -0.290. The molecule has 0 saturated carbocycles. The van der Waals surface area contributed by atoms with E-state index in [4.69, 9.17) is 4.52 Å². The van der Waals surface area contributed by atoms with E-state index < -0.39 is 0 Å². The second-order valence-corrected chi connectivity index (χ2v) is 7.05. The highest BCUT2D eigenvalue weighted by atomic mass is 19.1. The molecule has 0 N–H and O–H groups in total. The number of benzene rings is 2. The Morgan fingerprint density at radius 2 is 1.39 bits per heavy atom. The van der Waals surface area contributed by atoms with Crippen molar-refractivity contribution in [2.24, 2.45) is 0 Å². The third-order valence-electron chi connectivity index (χ3n) is 4.93. The Morgan fingerprint density at radius 1 is 0.786 bits per heavy atom. The van der Waals surface area contributed by atoms with Crippen LogP contribution in [0.1, 0.15) is 17.9 Å². The second kappa shape index (κ2) is 8.58. The summed E-state index contributed by atoms with van der Waals surface area (Å²) in [6.45, 7) is 5.19. The smallest absolute Gasteiger partial charge is 0.241 e. The molecule has 0 radical (unpaired) electrons. The average Bonchev–Trinajstić information content (AvgIpc) is 3.05. The zero-order valence-electron chi connectivity index (χ0n) is 15.5. The third kappa shape index (κ3) is 4.79. The highest BCUT2D eigenvalue weighted by Gasteiger charge is 2.18. The fraction of sp³-hybridized carbons (Fsp3) is 0.333. The monoisotopic (exact) mass is 384 g/mol. The lowest BCUT2D eigenvalue weighted by molar-refractivity contribution is 0.222. The number of halogens is 2. The lowest BCUT2D eigenvalue weighted by Gasteiger charge is -2.20. The van der Waals surface area contributed by atoms with Crippen molar-refractivity contribution in [3.8, 4) is 11.4 Å². The molecule has 1 aromatic heterocycles. The molecule has 1 saturated heterocycles. The van der Waals surface area contributed by atoms with Crippen molar-refractivity contribution >= 4 is 0 Å². The molecule has 0 bridgehead atoms. The maximum Gasteiger partial charge on any atom is 0.241 e. The predicted molar refractivity (Wildman–Crippen MR) is 101 cm³/mol. The van der Waals surface area contributed by atoms with Gasteiger partial charge in [0, 0.05) is 25.2 Å². The molecule has 1 fully saturated rings. The highest BCUT2D eigenvalue weighted by molar-refractivity contribution is 5.53. The van der Waals surface area contributed by atoms with Crippen LogP contribution in [0.15, 0.2) is 53.1 Å². The first-order valence-electron chi connectivity index (χ1n) is 9.43. The molecule has 2 heterocycles. The maximum absolute atomic E-state index is 13.1. The van der Waals surface area contributed by atoms with Gasteiger partial charge in [0.1, 0.15) is 11.6 Å². The molecule has 7 heteroatoms. The van der Waals surface area contributed by atoms with Crippen LogP contribution in [0.25, 0.3) is 11.4 Å². The van der Waals surface area contributed by atoms with E-state index in [-0.39, 0.29) is 11.6 Å². The molecule has 3 aromatic rings. The van der Waals surface area contributed by atoms with Crippen LogP contribution in [0.3, 0.4) is 0 Å². The van der Waals surface area contributed by atoms with E-state index in [1.165, 1.54) is 24.3 Å². The molecule has 1 aliphatic heterocycles. The number of nitrogens with zero attached hydrogens (tertiary/aromatic N) is 4. The second-order valence-electron chi connectivity index (χ2n) is 7.05. The molecule has 5 nitrogen and oxygen atoms in total. The van der Waals surface area contributed by atoms with Crippen molar-refractivity contribution < 1.29 is 13.3 Å². The highest BCUT2D eigenvalue weighted by Crippen LogP contribution is 2.17. The largest absolute Gasteiger partial charge is 0.338 e. The SMILES string of the molecule is Fc1ccc(CN2CCCN(Cc3nc(-c4ccc(F)cc4)no3)CC2)cc1. The first-order valence-corrected chi connectivity index (χ1v) is 9.43. The molecule has 0 atom stereocenters. The summed E-state index contributed by atoms with van der Waals surface area (Å²) < 4.78 is 31.5. The van der Waals surface area contributed by atoms with Crippen molar-refractivity contribution in [1.29, 1.82) is 0 Å². The van der Waals surface area contributed by atoms with E-state index >= 15 is 0 Å². The van der Waals surface area contributed by atoms with Crippen LogP contribution in [-0.4, -0.2) is 46.1 Å². The Bertz CT molecular complexity index is 896. The average molecular weight is 384 g/mol. The molecule has 0 aliphatic carbocycles. The van der Waals surface area contributed by atoms with E-state index in [1.807, 2.05) is 12.1 Å². The molecule has 0 spiro atoms. The maximum atomic E-state index is 13.1. The van der Waals surface area contributed by atoms with Crippen molar-refractivity contribution in [1.82, 2.24) is 19.9 Å². The number of aromatic nitrogens is 2. The summed E-state index contributed by atoms with van der Waals surface area (Å²) >= 11 is 0. The van der Waals surface area contributed by atoms with Crippen LogP contribution < -0.4 is 0 Å². The molecular weight excluding hydrogens is 362 g/mol. The fourth-order valence-corrected chi connectivity index (χ4v) is 3.42. The molecule has 0 amide bonds. The van der Waals surface area contributed by atoms with Crippen molar-refractivity contribution in [3.05, 3.63) is 71.6 Å². The van der Waals surface area contributed by atoms with E-state index in [0.29, 0.717) is 18.3 Å². The molecule has 2 aromatic carbocycles. The summed E-state index contributed by atoms with van der Waals surface area (Å²) in [5.41, 5.74) is 1.86. The number of hydrogen-bond donors (Lipinski definition) is 0. The van der Waals surface area contributed by atoms with Gasteiger partial charge in [-0.1, -0.05) is 17.3 Å². The Morgan fingerprint density at radius 3 is 2.07 bits per heavy atom. The van der Waals surface area contributed by atoms with Gasteiger partial charge in [0.25, 0.3) is 0 Å². The van der Waals surface area contributed by atoms with Gasteiger partial charge in [-0.3, -0.25) is 9.80 Å². The van der Waals surface area contributed by atoms with E-state index in [0.717, 1.165) is 50.3 Å². The van der Waals surface area contributed by atoms with Gasteiger partial charge in [-0.15, -0.1) is 0 Å². The Balaban J connectivity index is 1.32. The van der Waals surface area contributed by atoms with Gasteiger partial charge in [-0.2, -0.15) is 4.98 Å². The van der Waals surface area contributed by atoms with Gasteiger partial charge in [0.15, 0.2) is 0 Å². The Kier molecular flexibility index (Phi) is 5.73. The van der Waals surface area contributed by atoms with Gasteiger partial charge in [-0.25, -0.2) is 8.78 Å². The topological polar surface area (TPSA) is 45.4 Å². The molecule has 0 unspecified atom stereocenters. The summed E-state index contributed by atoms with van der Waals surface area (Å²) in [6.07, 6.45) is 1.04. The number of rotatable bonds is 5. The minimum absolute atomic E-state index is 0.203. The van der Waals surface area contributed by atoms with Gasteiger partial charge in [0.05, 0.1) is 6.54 Å². The minimum Gasteiger partial charge on any atom is -0.338 e. The van der Waals surface area contributed by atoms with Crippen LogP contribution in [-0.2, 0) is 13.1 Å². The summed E-state index contributed by atoms with van der Waals surface area (Å²) in [6, 6.07) is 12.8. The zero-order valence-corrected chi connectivity index (χ0v) is 15.5. The Hall–Kier alpha value is -2.64. The Labute approximate surface area is 162 Å². The van der Waals surface area contributed by atoms with Crippen LogP contribution in [0.2, 0.25) is 0 Å². The lowest BCUT2D eigenvalue weighted by Crippen LogP contribution is -2.30. The molecule has 1 aliphatic rings. The van der Waals surface area contributed by atoms with Crippen molar-refractivity contribution in [3.63, 3.8) is 0 Å². The van der Waals surface area contributed by atoms with Crippen LogP contribution in [0, 0.1) is 11.6 Å². The summed E-state index contributed by atoms with van der Waals surface area (Å²) in [5.74, 6) is 0.543. The van der Waals surface area contributed by atoms with Crippen LogP contribution >= 0.6 is 0 Å². The summed E-state index contributed by atoms with van der Waals surface area (Å²) in [7, 11) is 0. The third-order valence-corrected chi connectivity index (χ3v) is 4.93. The fourth-order valence-electron chi connectivity index (χ4n) is 3.42. The molecule has 146 valence electrons. The van der Waals surface area contributed by atoms with E-state index in [2.05, 4.69) is 19.9 Å². The lowest BCUT2D eigenvalue weighted by atomic mass is 10.2. The van der Waals surface area contributed by atoms with Crippen molar-refractivity contribution in [2.45, 2.75) is 19.5 Å². The summed E-state index contributed by atoms with van der Waals surface area (Å²) in [5, 5.41) is 4.01. The normalized spacial score (nSPS) is 16.2.